The lowest BCUT2D eigenvalue weighted by Gasteiger charge is -2.45. The smallest absolute Gasteiger partial charge is 0.238 e. The van der Waals surface area contributed by atoms with Gasteiger partial charge in [-0.3, -0.25) is 14.8 Å². The van der Waals surface area contributed by atoms with Crippen molar-refractivity contribution in [3.8, 4) is 0 Å². The summed E-state index contributed by atoms with van der Waals surface area (Å²) in [5.41, 5.74) is 4.72. The lowest BCUT2D eigenvalue weighted by atomic mass is 9.55. The van der Waals surface area contributed by atoms with Crippen LogP contribution in [0.15, 0.2) is 72.8 Å². The summed E-state index contributed by atoms with van der Waals surface area (Å²) in [5, 5.41) is 20.3. The van der Waals surface area contributed by atoms with Crippen LogP contribution in [-0.4, -0.2) is 17.0 Å². The van der Waals surface area contributed by atoms with E-state index in [4.69, 9.17) is 0 Å². The van der Waals surface area contributed by atoms with E-state index in [0.717, 1.165) is 22.3 Å². The van der Waals surface area contributed by atoms with E-state index >= 15 is 0 Å². The SMILES string of the molecule is O=C1[C@H]2C3c4ccccc4C(c4ccccc43)[C@@H]2C(=O)N1c1cccc(N([O-])O)c1. The number of carbonyl (C=O) groups excluding carboxylic acids is 2. The van der Waals surface area contributed by atoms with E-state index < -0.39 is 11.8 Å². The zero-order chi connectivity index (χ0) is 20.6. The summed E-state index contributed by atoms with van der Waals surface area (Å²) in [5.74, 6) is -1.81. The van der Waals surface area contributed by atoms with Gasteiger partial charge in [-0.25, -0.2) is 4.90 Å². The summed E-state index contributed by atoms with van der Waals surface area (Å²) in [7, 11) is 0. The summed E-state index contributed by atoms with van der Waals surface area (Å²) in [4.78, 5) is 28.4. The molecule has 2 bridgehead atoms. The highest BCUT2D eigenvalue weighted by atomic mass is 16.8. The van der Waals surface area contributed by atoms with E-state index in [0.29, 0.717) is 5.69 Å². The highest BCUT2D eigenvalue weighted by molar-refractivity contribution is 6.23. The summed E-state index contributed by atoms with van der Waals surface area (Å²) >= 11 is 0. The van der Waals surface area contributed by atoms with E-state index in [1.165, 1.54) is 17.0 Å². The first-order valence-corrected chi connectivity index (χ1v) is 9.89. The van der Waals surface area contributed by atoms with E-state index in [1.54, 1.807) is 12.1 Å². The van der Waals surface area contributed by atoms with E-state index in [9.17, 15) is 20.0 Å². The van der Waals surface area contributed by atoms with Gasteiger partial charge in [0.05, 0.1) is 23.2 Å². The molecule has 3 aromatic carbocycles. The molecular weight excluding hydrogens is 380 g/mol. The second-order valence-electron chi connectivity index (χ2n) is 8.07. The van der Waals surface area contributed by atoms with Crippen LogP contribution >= 0.6 is 0 Å². The van der Waals surface area contributed by atoms with Gasteiger partial charge < -0.3 is 10.4 Å². The molecule has 148 valence electrons. The standard InChI is InChI=1S/C24H17N2O4/c27-23-21-19-15-8-1-2-9-16(15)20(18-11-4-3-10-17(18)19)22(21)24(28)25(23)13-6-5-7-14(12-13)26(29)30/h1-12,19-22,29H/q-1/t19?,20?,21-,22-/m0/s1. The normalized spacial score (nSPS) is 25.7. The summed E-state index contributed by atoms with van der Waals surface area (Å²) < 4.78 is 0. The van der Waals surface area contributed by atoms with E-state index in [-0.39, 0.29) is 34.6 Å². The number of hydrogen-bond donors (Lipinski definition) is 1. The zero-order valence-electron chi connectivity index (χ0n) is 15.8. The number of nitrogens with zero attached hydrogens (tertiary/aromatic N) is 2. The van der Waals surface area contributed by atoms with Crippen molar-refractivity contribution in [3.63, 3.8) is 0 Å². The molecule has 0 radical (unpaired) electrons. The van der Waals surface area contributed by atoms with Gasteiger partial charge in [-0.2, -0.15) is 0 Å². The van der Waals surface area contributed by atoms with E-state index in [2.05, 4.69) is 24.3 Å². The Hall–Kier alpha value is -3.48. The second-order valence-corrected chi connectivity index (χ2v) is 8.07. The molecule has 3 aliphatic carbocycles. The largest absolute Gasteiger partial charge is 0.733 e. The molecule has 3 aromatic rings. The third kappa shape index (κ3) is 2.09. The average Bonchev–Trinajstić information content (AvgIpc) is 3.04. The Labute approximate surface area is 172 Å². The van der Waals surface area contributed by atoms with Crippen molar-refractivity contribution >= 4 is 23.2 Å². The molecule has 1 aliphatic heterocycles. The fraction of sp³-hybridized carbons (Fsp3) is 0.167. The fourth-order valence-electron chi connectivity index (χ4n) is 5.68. The molecule has 6 heteroatoms. The van der Waals surface area contributed by atoms with Gasteiger partial charge in [-0.1, -0.05) is 54.6 Å². The van der Waals surface area contributed by atoms with Gasteiger partial charge in [-0.05, 0) is 40.5 Å². The first-order valence-electron chi connectivity index (χ1n) is 9.89. The summed E-state index contributed by atoms with van der Waals surface area (Å²) in [6, 6.07) is 22.1. The highest BCUT2D eigenvalue weighted by Gasteiger charge is 2.61. The maximum atomic E-state index is 13.6. The van der Waals surface area contributed by atoms with Crippen LogP contribution < -0.4 is 10.1 Å². The van der Waals surface area contributed by atoms with Crippen LogP contribution in [0, 0.1) is 17.0 Å². The van der Waals surface area contributed by atoms with Crippen LogP contribution in [0.1, 0.15) is 34.1 Å². The molecule has 2 atom stereocenters. The molecule has 1 saturated heterocycles. The van der Waals surface area contributed by atoms with Gasteiger partial charge in [0.15, 0.2) is 0 Å². The zero-order valence-corrected chi connectivity index (χ0v) is 15.8. The highest BCUT2D eigenvalue weighted by Crippen LogP contribution is 2.61. The minimum absolute atomic E-state index is 0.0301. The molecule has 2 amide bonds. The minimum atomic E-state index is -0.478. The van der Waals surface area contributed by atoms with Crippen LogP contribution in [0.5, 0.6) is 0 Å². The number of benzene rings is 3. The third-order valence-electron chi connectivity index (χ3n) is 6.76. The van der Waals surface area contributed by atoms with Gasteiger partial charge >= 0.3 is 0 Å². The Morgan fingerprint density at radius 2 is 1.20 bits per heavy atom. The van der Waals surface area contributed by atoms with Gasteiger partial charge in [-0.15, -0.1) is 0 Å². The van der Waals surface area contributed by atoms with Crippen LogP contribution in [0.4, 0.5) is 11.4 Å². The first-order chi connectivity index (χ1) is 14.6. The van der Waals surface area contributed by atoms with Gasteiger partial charge in [0, 0.05) is 11.8 Å². The predicted octanol–water partition coefficient (Wildman–Crippen LogP) is 3.78. The molecule has 0 saturated carbocycles. The van der Waals surface area contributed by atoms with Crippen molar-refractivity contribution in [3.05, 3.63) is 100 Å². The summed E-state index contributed by atoms with van der Waals surface area (Å²) in [6.07, 6.45) is 0. The minimum Gasteiger partial charge on any atom is -0.733 e. The molecule has 7 rings (SSSR count). The number of rotatable bonds is 2. The van der Waals surface area contributed by atoms with Crippen molar-refractivity contribution in [2.24, 2.45) is 11.8 Å². The Kier molecular flexibility index (Phi) is 3.48. The number of anilines is 2. The Bertz CT molecular complexity index is 1110. The molecule has 0 spiro atoms. The van der Waals surface area contributed by atoms with Crippen molar-refractivity contribution in [2.45, 2.75) is 11.8 Å². The topological polar surface area (TPSA) is 83.9 Å². The van der Waals surface area contributed by atoms with Crippen LogP contribution in [0.3, 0.4) is 0 Å². The lowest BCUT2D eigenvalue weighted by molar-refractivity contribution is -0.122. The van der Waals surface area contributed by atoms with Gasteiger partial charge in [0.1, 0.15) is 0 Å². The molecule has 4 aliphatic rings. The summed E-state index contributed by atoms with van der Waals surface area (Å²) in [6.45, 7) is 0. The number of amides is 2. The second kappa shape index (κ2) is 6.01. The van der Waals surface area contributed by atoms with Crippen molar-refractivity contribution in [2.75, 3.05) is 10.1 Å². The first kappa shape index (κ1) is 17.4. The quantitative estimate of drug-likeness (QED) is 0.526. The van der Waals surface area contributed by atoms with Gasteiger partial charge in [0.2, 0.25) is 11.8 Å². The Morgan fingerprint density at radius 3 is 1.63 bits per heavy atom. The number of carbonyl (C=O) groups is 2. The molecule has 1 heterocycles. The van der Waals surface area contributed by atoms with Gasteiger partial charge in [0.25, 0.3) is 0 Å². The maximum absolute atomic E-state index is 13.6. The molecule has 0 unspecified atom stereocenters. The van der Waals surface area contributed by atoms with Crippen molar-refractivity contribution < 1.29 is 14.8 Å². The third-order valence-corrected chi connectivity index (χ3v) is 6.76. The monoisotopic (exact) mass is 397 g/mol. The molecule has 1 N–H and O–H groups in total. The van der Waals surface area contributed by atoms with Crippen LogP contribution in [0.25, 0.3) is 0 Å². The molecule has 0 aromatic heterocycles. The molecule has 6 nitrogen and oxygen atoms in total. The predicted molar refractivity (Wildman–Crippen MR) is 110 cm³/mol. The fourth-order valence-corrected chi connectivity index (χ4v) is 5.68. The number of hydrogen-bond acceptors (Lipinski definition) is 5. The number of imide groups is 1. The molecule has 30 heavy (non-hydrogen) atoms. The molecule has 1 fully saturated rings. The van der Waals surface area contributed by atoms with Crippen molar-refractivity contribution in [1.82, 2.24) is 0 Å². The maximum Gasteiger partial charge on any atom is 0.238 e. The van der Waals surface area contributed by atoms with E-state index in [1.807, 2.05) is 24.3 Å². The lowest BCUT2D eigenvalue weighted by Crippen LogP contribution is -2.41. The Morgan fingerprint density at radius 1 is 0.733 bits per heavy atom. The van der Waals surface area contributed by atoms with Crippen LogP contribution in [0.2, 0.25) is 0 Å². The van der Waals surface area contributed by atoms with Crippen molar-refractivity contribution in [1.29, 1.82) is 0 Å². The van der Waals surface area contributed by atoms with Crippen LogP contribution in [-0.2, 0) is 9.59 Å². The molecular formula is C24H17N2O4-. The Balaban J connectivity index is 1.53. The average molecular weight is 397 g/mol.